The molecule has 8 heteroatoms. The first-order valence-electron chi connectivity index (χ1n) is 10.9. The van der Waals surface area contributed by atoms with Crippen LogP contribution >= 0.6 is 7.37 Å². The number of fused-ring (bicyclic) bond motifs is 1. The van der Waals surface area contributed by atoms with Crippen molar-refractivity contribution in [1.82, 2.24) is 0 Å². The highest BCUT2D eigenvalue weighted by Crippen LogP contribution is 2.51. The fourth-order valence-electron chi connectivity index (χ4n) is 4.49. The van der Waals surface area contributed by atoms with Crippen LogP contribution in [0.3, 0.4) is 0 Å². The van der Waals surface area contributed by atoms with E-state index in [2.05, 4.69) is 0 Å². The van der Waals surface area contributed by atoms with E-state index < -0.39 is 49.6 Å². The zero-order valence-electron chi connectivity index (χ0n) is 18.7. The van der Waals surface area contributed by atoms with Crippen LogP contribution in [0.15, 0.2) is 60.7 Å². The smallest absolute Gasteiger partial charge is 0.261 e. The van der Waals surface area contributed by atoms with Gasteiger partial charge >= 0.3 is 0 Å². The Hall–Kier alpha value is -1.57. The van der Waals surface area contributed by atoms with E-state index in [9.17, 15) is 4.57 Å². The third kappa shape index (κ3) is 4.08. The van der Waals surface area contributed by atoms with Gasteiger partial charge < -0.3 is 28.2 Å². The van der Waals surface area contributed by atoms with Crippen LogP contribution in [0.4, 0.5) is 0 Å². The van der Waals surface area contributed by atoms with Gasteiger partial charge in [-0.15, -0.1) is 0 Å². The van der Waals surface area contributed by atoms with Crippen molar-refractivity contribution < 1.29 is 32.8 Å². The van der Waals surface area contributed by atoms with Gasteiger partial charge in [0.15, 0.2) is 17.9 Å². The van der Waals surface area contributed by atoms with Crippen LogP contribution in [0, 0.1) is 0 Å². The van der Waals surface area contributed by atoms with Crippen LogP contribution in [0.1, 0.15) is 27.7 Å². The first-order valence-corrected chi connectivity index (χ1v) is 12.5. The molecule has 0 radical (unpaired) electrons. The Balaban J connectivity index is 1.53. The first kappa shape index (κ1) is 22.2. The number of hydrogen-bond donors (Lipinski definition) is 0. The molecule has 0 N–H and O–H groups in total. The predicted molar refractivity (Wildman–Crippen MR) is 118 cm³/mol. The van der Waals surface area contributed by atoms with Crippen molar-refractivity contribution in [2.24, 2.45) is 0 Å². The van der Waals surface area contributed by atoms with Gasteiger partial charge in [0.25, 0.3) is 7.37 Å². The second kappa shape index (κ2) is 8.03. The van der Waals surface area contributed by atoms with Crippen LogP contribution in [-0.2, 0) is 32.8 Å². The predicted octanol–water partition coefficient (Wildman–Crippen LogP) is 3.33. The molecule has 3 fully saturated rings. The minimum absolute atomic E-state index is 0.335. The molecule has 5 rings (SSSR count). The molecule has 3 aliphatic heterocycles. The molecule has 7 nitrogen and oxygen atoms in total. The number of rotatable bonds is 5. The van der Waals surface area contributed by atoms with Crippen molar-refractivity contribution in [2.75, 3.05) is 6.61 Å². The maximum atomic E-state index is 14.6. The molecule has 0 spiro atoms. The lowest BCUT2D eigenvalue weighted by Gasteiger charge is -2.31. The minimum Gasteiger partial charge on any atom is -0.348 e. The monoisotopic (exact) mass is 460 g/mol. The average molecular weight is 460 g/mol. The van der Waals surface area contributed by atoms with Gasteiger partial charge in [-0.3, -0.25) is 4.57 Å². The third-order valence-electron chi connectivity index (χ3n) is 5.89. The second-order valence-corrected chi connectivity index (χ2v) is 11.6. The van der Waals surface area contributed by atoms with E-state index in [1.165, 1.54) is 0 Å². The van der Waals surface area contributed by atoms with Crippen LogP contribution < -0.4 is 10.6 Å². The Morgan fingerprint density at radius 3 is 1.94 bits per heavy atom. The van der Waals surface area contributed by atoms with Crippen molar-refractivity contribution in [3.8, 4) is 0 Å². The highest BCUT2D eigenvalue weighted by molar-refractivity contribution is 7.74. The summed E-state index contributed by atoms with van der Waals surface area (Å²) >= 11 is 0. The summed E-state index contributed by atoms with van der Waals surface area (Å²) in [5, 5.41) is 1.21. The molecular formula is C24H29O7P. The Morgan fingerprint density at radius 1 is 0.812 bits per heavy atom. The molecule has 3 aliphatic rings. The summed E-state index contributed by atoms with van der Waals surface area (Å²) in [6.45, 7) is 7.70. The Labute approximate surface area is 188 Å². The number of benzene rings is 2. The van der Waals surface area contributed by atoms with Crippen LogP contribution in [0.2, 0.25) is 0 Å². The SMILES string of the molecule is CC1(C)O[C@H]2O[C@H]([C@H]3COC(C)(C)O3)[C@H](OP(=O)(c3ccccc3)c3ccccc3)[C@@H]2O1. The molecule has 3 heterocycles. The van der Waals surface area contributed by atoms with E-state index in [1.807, 2.05) is 88.4 Å². The fourth-order valence-corrected chi connectivity index (χ4v) is 6.74. The molecule has 0 saturated carbocycles. The van der Waals surface area contributed by atoms with Crippen LogP contribution in [-0.4, -0.2) is 48.9 Å². The molecule has 0 amide bonds. The lowest BCUT2D eigenvalue weighted by molar-refractivity contribution is -0.230. The third-order valence-corrected chi connectivity index (χ3v) is 8.38. The summed E-state index contributed by atoms with van der Waals surface area (Å²) in [6.07, 6.45) is -2.86. The molecule has 5 atom stereocenters. The Morgan fingerprint density at radius 2 is 1.41 bits per heavy atom. The van der Waals surface area contributed by atoms with E-state index in [4.69, 9.17) is 28.2 Å². The van der Waals surface area contributed by atoms with Gasteiger partial charge in [-0.05, 0) is 52.0 Å². The first-order chi connectivity index (χ1) is 15.2. The zero-order chi connectivity index (χ0) is 22.6. The summed E-state index contributed by atoms with van der Waals surface area (Å²) in [7, 11) is -3.49. The highest BCUT2D eigenvalue weighted by Gasteiger charge is 2.60. The standard InChI is InChI=1S/C24H29O7P/c1-23(2)26-15-18(28-23)19-20(21-22(27-19)30-24(3,4)29-21)31-32(25,16-11-7-5-8-12-16)17-13-9-6-10-14-17/h5-14,18-22H,15H2,1-4H3/t18-,19-,20+,21+,22-/m1/s1. The topological polar surface area (TPSA) is 72.5 Å². The van der Waals surface area contributed by atoms with Crippen LogP contribution in [0.25, 0.3) is 0 Å². The second-order valence-electron chi connectivity index (χ2n) is 9.23. The summed E-state index contributed by atoms with van der Waals surface area (Å²) in [4.78, 5) is 0. The molecule has 0 aromatic heterocycles. The lowest BCUT2D eigenvalue weighted by atomic mass is 10.1. The van der Waals surface area contributed by atoms with E-state index in [1.54, 1.807) is 0 Å². The Kier molecular flexibility index (Phi) is 5.58. The van der Waals surface area contributed by atoms with Gasteiger partial charge in [-0.1, -0.05) is 36.4 Å². The fraction of sp³-hybridized carbons (Fsp3) is 0.500. The molecule has 2 aromatic rings. The maximum Gasteiger partial charge on any atom is 0.261 e. The van der Waals surface area contributed by atoms with Crippen molar-refractivity contribution in [2.45, 2.75) is 70.0 Å². The van der Waals surface area contributed by atoms with Gasteiger partial charge in [0.2, 0.25) is 0 Å². The molecule has 32 heavy (non-hydrogen) atoms. The van der Waals surface area contributed by atoms with Gasteiger partial charge in [-0.25, -0.2) is 0 Å². The average Bonchev–Trinajstić information content (AvgIpc) is 3.38. The van der Waals surface area contributed by atoms with Gasteiger partial charge in [0, 0.05) is 10.6 Å². The Bertz CT molecular complexity index is 950. The molecule has 172 valence electrons. The summed E-state index contributed by atoms with van der Waals surface area (Å²) < 4.78 is 51.3. The number of ether oxygens (including phenoxy) is 5. The minimum atomic E-state index is -3.49. The lowest BCUT2D eigenvalue weighted by Crippen LogP contribution is -2.44. The zero-order valence-corrected chi connectivity index (χ0v) is 19.6. The number of hydrogen-bond acceptors (Lipinski definition) is 7. The largest absolute Gasteiger partial charge is 0.348 e. The van der Waals surface area contributed by atoms with E-state index in [-0.39, 0.29) is 0 Å². The van der Waals surface area contributed by atoms with Crippen LogP contribution in [0.5, 0.6) is 0 Å². The van der Waals surface area contributed by atoms with E-state index in [0.29, 0.717) is 17.2 Å². The molecular weight excluding hydrogens is 431 g/mol. The molecule has 2 aromatic carbocycles. The molecule has 0 bridgehead atoms. The van der Waals surface area contributed by atoms with E-state index >= 15 is 0 Å². The molecule has 0 unspecified atom stereocenters. The molecule has 0 aliphatic carbocycles. The van der Waals surface area contributed by atoms with Crippen molar-refractivity contribution in [1.29, 1.82) is 0 Å². The van der Waals surface area contributed by atoms with Gasteiger partial charge in [0.1, 0.15) is 24.4 Å². The summed E-state index contributed by atoms with van der Waals surface area (Å²) in [5.41, 5.74) is 0. The summed E-state index contributed by atoms with van der Waals surface area (Å²) in [5.74, 6) is -1.57. The maximum absolute atomic E-state index is 14.6. The highest BCUT2D eigenvalue weighted by atomic mass is 31.2. The van der Waals surface area contributed by atoms with Gasteiger partial charge in [0.05, 0.1) is 6.61 Å². The van der Waals surface area contributed by atoms with Crippen molar-refractivity contribution in [3.05, 3.63) is 60.7 Å². The van der Waals surface area contributed by atoms with Gasteiger partial charge in [-0.2, -0.15) is 0 Å². The normalized spacial score (nSPS) is 33.3. The van der Waals surface area contributed by atoms with Crippen molar-refractivity contribution in [3.63, 3.8) is 0 Å². The van der Waals surface area contributed by atoms with Crippen molar-refractivity contribution >= 4 is 18.0 Å². The quantitative estimate of drug-likeness (QED) is 0.634. The summed E-state index contributed by atoms with van der Waals surface area (Å²) in [6, 6.07) is 18.5. The van der Waals surface area contributed by atoms with E-state index in [0.717, 1.165) is 0 Å². The molecule has 3 saturated heterocycles.